The second-order valence-corrected chi connectivity index (χ2v) is 8.28. The van der Waals surface area contributed by atoms with Gasteiger partial charge in [0.1, 0.15) is 6.10 Å². The largest absolute Gasteiger partial charge is 0.477 e. The minimum absolute atomic E-state index is 0.00170. The van der Waals surface area contributed by atoms with Crippen LogP contribution in [0.25, 0.3) is 10.9 Å². The zero-order chi connectivity index (χ0) is 19.0. The van der Waals surface area contributed by atoms with E-state index in [1.807, 2.05) is 24.3 Å². The number of rotatable bonds is 5. The van der Waals surface area contributed by atoms with Crippen LogP contribution in [0.3, 0.4) is 0 Å². The SMILES string of the molecule is CC(C)COc1cc(C(=O)OC2C[C@H]3CC[C@@H](C2)N3C)c2ccccc2n1. The average Bonchev–Trinajstić information content (AvgIpc) is 2.86. The summed E-state index contributed by atoms with van der Waals surface area (Å²) >= 11 is 0. The number of carbonyl (C=O) groups is 1. The Morgan fingerprint density at radius 1 is 1.22 bits per heavy atom. The Morgan fingerprint density at radius 2 is 1.93 bits per heavy atom. The molecule has 3 heterocycles. The summed E-state index contributed by atoms with van der Waals surface area (Å²) in [6, 6.07) is 10.5. The first-order valence-corrected chi connectivity index (χ1v) is 9.96. The summed E-state index contributed by atoms with van der Waals surface area (Å²) in [6.07, 6.45) is 4.27. The Hall–Kier alpha value is -2.14. The minimum Gasteiger partial charge on any atom is -0.477 e. The first-order chi connectivity index (χ1) is 13.0. The van der Waals surface area contributed by atoms with Gasteiger partial charge in [-0.15, -0.1) is 0 Å². The maximum Gasteiger partial charge on any atom is 0.339 e. The summed E-state index contributed by atoms with van der Waals surface area (Å²) in [5, 5.41) is 0.815. The molecule has 1 unspecified atom stereocenters. The van der Waals surface area contributed by atoms with Crippen LogP contribution in [0.1, 0.15) is 49.9 Å². The molecule has 1 aromatic carbocycles. The topological polar surface area (TPSA) is 51.7 Å². The van der Waals surface area contributed by atoms with Gasteiger partial charge in [-0.25, -0.2) is 9.78 Å². The number of piperidine rings is 1. The zero-order valence-corrected chi connectivity index (χ0v) is 16.4. The number of ether oxygens (including phenoxy) is 2. The fraction of sp³-hybridized carbons (Fsp3) is 0.545. The van der Waals surface area contributed by atoms with Crippen LogP contribution in [0.15, 0.2) is 30.3 Å². The number of hydrogen-bond acceptors (Lipinski definition) is 5. The van der Waals surface area contributed by atoms with Gasteiger partial charge in [0.25, 0.3) is 0 Å². The molecule has 4 rings (SSSR count). The molecule has 2 saturated heterocycles. The number of nitrogens with zero attached hydrogens (tertiary/aromatic N) is 2. The molecule has 0 saturated carbocycles. The van der Waals surface area contributed by atoms with E-state index in [1.54, 1.807) is 6.07 Å². The van der Waals surface area contributed by atoms with E-state index in [-0.39, 0.29) is 12.1 Å². The Morgan fingerprint density at radius 3 is 2.63 bits per heavy atom. The lowest BCUT2D eigenvalue weighted by atomic mass is 10.0. The van der Waals surface area contributed by atoms with Crippen molar-refractivity contribution >= 4 is 16.9 Å². The Kier molecular flexibility index (Phi) is 5.04. The molecular weight excluding hydrogens is 340 g/mol. The van der Waals surface area contributed by atoms with Gasteiger partial charge in [0, 0.05) is 36.4 Å². The van der Waals surface area contributed by atoms with Crippen molar-refractivity contribution in [1.82, 2.24) is 9.88 Å². The van der Waals surface area contributed by atoms with E-state index in [9.17, 15) is 4.79 Å². The van der Waals surface area contributed by atoms with Gasteiger partial charge >= 0.3 is 5.97 Å². The lowest BCUT2D eigenvalue weighted by Gasteiger charge is -2.35. The van der Waals surface area contributed by atoms with Crippen LogP contribution in [0.4, 0.5) is 0 Å². The maximum absolute atomic E-state index is 13.0. The summed E-state index contributed by atoms with van der Waals surface area (Å²) in [7, 11) is 2.19. The van der Waals surface area contributed by atoms with E-state index in [1.165, 1.54) is 12.8 Å². The molecule has 0 spiro atoms. The minimum atomic E-state index is -0.267. The van der Waals surface area contributed by atoms with Crippen molar-refractivity contribution in [3.05, 3.63) is 35.9 Å². The summed E-state index contributed by atoms with van der Waals surface area (Å²) in [5.41, 5.74) is 1.31. The van der Waals surface area contributed by atoms with Gasteiger partial charge in [-0.2, -0.15) is 0 Å². The van der Waals surface area contributed by atoms with Crippen LogP contribution < -0.4 is 4.74 Å². The van der Waals surface area contributed by atoms with Crippen LogP contribution in [0.2, 0.25) is 0 Å². The van der Waals surface area contributed by atoms with E-state index in [2.05, 4.69) is 30.8 Å². The summed E-state index contributed by atoms with van der Waals surface area (Å²) in [6.45, 7) is 4.74. The normalized spacial score (nSPS) is 25.1. The van der Waals surface area contributed by atoms with Crippen molar-refractivity contribution in [3.8, 4) is 5.88 Å². The van der Waals surface area contributed by atoms with Crippen molar-refractivity contribution in [3.63, 3.8) is 0 Å². The monoisotopic (exact) mass is 368 g/mol. The van der Waals surface area contributed by atoms with Gasteiger partial charge in [0.05, 0.1) is 17.7 Å². The Balaban J connectivity index is 1.57. The molecule has 0 amide bonds. The lowest BCUT2D eigenvalue weighted by Crippen LogP contribution is -2.43. The second kappa shape index (κ2) is 7.47. The molecule has 2 fully saturated rings. The zero-order valence-electron chi connectivity index (χ0n) is 16.4. The fourth-order valence-corrected chi connectivity index (χ4v) is 4.32. The molecule has 3 atom stereocenters. The summed E-state index contributed by atoms with van der Waals surface area (Å²) in [5.74, 6) is 0.609. The molecule has 1 aromatic heterocycles. The molecular formula is C22H28N2O3. The number of benzene rings is 1. The van der Waals surface area contributed by atoms with Crippen LogP contribution in [0.5, 0.6) is 5.88 Å². The number of carbonyl (C=O) groups excluding carboxylic acids is 1. The molecule has 2 aliphatic heterocycles. The molecule has 27 heavy (non-hydrogen) atoms. The standard InChI is InChI=1S/C22H28N2O3/c1-14(2)13-26-21-12-19(18-6-4-5-7-20(18)23-21)22(25)27-17-10-15-8-9-16(11-17)24(15)3/h4-7,12,14-17H,8-11,13H2,1-3H3/t15-,16+,17?. The Bertz CT molecular complexity index is 821. The van der Waals surface area contributed by atoms with E-state index in [4.69, 9.17) is 9.47 Å². The number of hydrogen-bond donors (Lipinski definition) is 0. The highest BCUT2D eigenvalue weighted by Crippen LogP contribution is 2.36. The molecule has 5 heteroatoms. The first-order valence-electron chi connectivity index (χ1n) is 9.96. The molecule has 0 aliphatic carbocycles. The van der Waals surface area contributed by atoms with Gasteiger partial charge in [0.2, 0.25) is 5.88 Å². The Labute approximate surface area is 160 Å². The highest BCUT2D eigenvalue weighted by molar-refractivity contribution is 6.03. The average molecular weight is 368 g/mol. The molecule has 5 nitrogen and oxygen atoms in total. The number of para-hydroxylation sites is 1. The molecule has 2 aromatic rings. The molecule has 144 valence electrons. The predicted octanol–water partition coefficient (Wildman–Crippen LogP) is 4.05. The number of esters is 1. The van der Waals surface area contributed by atoms with Crippen molar-refractivity contribution in [2.45, 2.75) is 57.7 Å². The molecule has 0 N–H and O–H groups in total. The third kappa shape index (κ3) is 3.79. The predicted molar refractivity (Wildman–Crippen MR) is 105 cm³/mol. The fourth-order valence-electron chi connectivity index (χ4n) is 4.32. The van der Waals surface area contributed by atoms with Gasteiger partial charge < -0.3 is 14.4 Å². The van der Waals surface area contributed by atoms with Crippen molar-refractivity contribution < 1.29 is 14.3 Å². The molecule has 0 radical (unpaired) electrons. The van der Waals surface area contributed by atoms with Crippen LogP contribution in [0, 0.1) is 5.92 Å². The lowest BCUT2D eigenvalue weighted by molar-refractivity contribution is -0.000308. The van der Waals surface area contributed by atoms with Crippen molar-refractivity contribution in [1.29, 1.82) is 0 Å². The van der Waals surface area contributed by atoms with Gasteiger partial charge in [0.15, 0.2) is 0 Å². The smallest absolute Gasteiger partial charge is 0.339 e. The van der Waals surface area contributed by atoms with Gasteiger partial charge in [-0.1, -0.05) is 32.0 Å². The number of fused-ring (bicyclic) bond motifs is 3. The van der Waals surface area contributed by atoms with Crippen molar-refractivity contribution in [2.24, 2.45) is 5.92 Å². The van der Waals surface area contributed by atoms with Crippen LogP contribution in [-0.2, 0) is 4.74 Å². The van der Waals surface area contributed by atoms with Gasteiger partial charge in [-0.05, 0) is 31.9 Å². The highest BCUT2D eigenvalue weighted by Gasteiger charge is 2.40. The highest BCUT2D eigenvalue weighted by atomic mass is 16.5. The maximum atomic E-state index is 13.0. The van der Waals surface area contributed by atoms with Crippen molar-refractivity contribution in [2.75, 3.05) is 13.7 Å². The number of aromatic nitrogens is 1. The third-order valence-electron chi connectivity index (χ3n) is 5.81. The van der Waals surface area contributed by atoms with E-state index in [0.29, 0.717) is 36.1 Å². The van der Waals surface area contributed by atoms with Crippen LogP contribution >= 0.6 is 0 Å². The molecule has 2 aliphatic rings. The van der Waals surface area contributed by atoms with E-state index in [0.717, 1.165) is 23.7 Å². The van der Waals surface area contributed by atoms with Gasteiger partial charge in [-0.3, -0.25) is 0 Å². The van der Waals surface area contributed by atoms with E-state index >= 15 is 0 Å². The first kappa shape index (κ1) is 18.2. The third-order valence-corrected chi connectivity index (χ3v) is 5.81. The van der Waals surface area contributed by atoms with Crippen LogP contribution in [-0.4, -0.2) is 47.7 Å². The summed E-state index contributed by atoms with van der Waals surface area (Å²) < 4.78 is 11.7. The number of pyridine rings is 1. The summed E-state index contributed by atoms with van der Waals surface area (Å²) in [4.78, 5) is 20.0. The molecule has 2 bridgehead atoms. The van der Waals surface area contributed by atoms with E-state index < -0.39 is 0 Å². The quantitative estimate of drug-likeness (QED) is 0.745. The second-order valence-electron chi connectivity index (χ2n) is 8.28.